The summed E-state index contributed by atoms with van der Waals surface area (Å²) in [7, 11) is 0. The van der Waals surface area contributed by atoms with Crippen molar-refractivity contribution in [1.82, 2.24) is 0 Å². The van der Waals surface area contributed by atoms with Crippen molar-refractivity contribution in [2.24, 2.45) is 0 Å². The number of hydrogen-bond donors (Lipinski definition) is 1. The van der Waals surface area contributed by atoms with Gasteiger partial charge in [0.1, 0.15) is 0 Å². The van der Waals surface area contributed by atoms with Crippen LogP contribution in [0.1, 0.15) is 30.9 Å². The molecule has 4 heteroatoms. The summed E-state index contributed by atoms with van der Waals surface area (Å²) in [5, 5.41) is 11.6. The minimum absolute atomic E-state index is 0.301. The third-order valence-corrected chi connectivity index (χ3v) is 4.24. The van der Waals surface area contributed by atoms with Crippen LogP contribution in [-0.4, -0.2) is 17.7 Å². The molecule has 1 aliphatic rings. The van der Waals surface area contributed by atoms with Crippen LogP contribution in [0.15, 0.2) is 42.5 Å². The maximum Gasteiger partial charge on any atom is 0.347 e. The standard InChI is InChI=1S/C18H17ClO3/c1-2-3-10-22-17(20)18(21)15-7-5-4-6-13(15)14-9-8-12(19)11-16(14)18/h4-9,11,21H,2-3,10H2,1H3. The van der Waals surface area contributed by atoms with Crippen molar-refractivity contribution in [3.8, 4) is 11.1 Å². The first-order valence-electron chi connectivity index (χ1n) is 7.38. The molecule has 0 bridgehead atoms. The molecule has 22 heavy (non-hydrogen) atoms. The van der Waals surface area contributed by atoms with E-state index in [9.17, 15) is 9.90 Å². The maximum atomic E-state index is 12.6. The molecule has 2 aromatic rings. The topological polar surface area (TPSA) is 46.5 Å². The van der Waals surface area contributed by atoms with E-state index in [0.717, 1.165) is 24.0 Å². The fourth-order valence-electron chi connectivity index (χ4n) is 2.86. The predicted octanol–water partition coefficient (Wildman–Crippen LogP) is 3.90. The number of rotatable bonds is 4. The van der Waals surface area contributed by atoms with Gasteiger partial charge >= 0.3 is 5.97 Å². The first kappa shape index (κ1) is 15.1. The molecule has 1 atom stereocenters. The lowest BCUT2D eigenvalue weighted by molar-refractivity contribution is -0.161. The summed E-state index contributed by atoms with van der Waals surface area (Å²) in [5.41, 5.74) is 0.903. The smallest absolute Gasteiger partial charge is 0.347 e. The lowest BCUT2D eigenvalue weighted by Gasteiger charge is -2.23. The number of benzene rings is 2. The highest BCUT2D eigenvalue weighted by atomic mass is 35.5. The van der Waals surface area contributed by atoms with Gasteiger partial charge in [0.05, 0.1) is 6.61 Å². The summed E-state index contributed by atoms with van der Waals surface area (Å²) in [6.07, 6.45) is 1.69. The second-order valence-corrected chi connectivity index (χ2v) is 5.87. The second kappa shape index (κ2) is 5.75. The van der Waals surface area contributed by atoms with Crippen molar-refractivity contribution < 1.29 is 14.6 Å². The van der Waals surface area contributed by atoms with E-state index in [2.05, 4.69) is 0 Å². The summed E-state index contributed by atoms with van der Waals surface area (Å²) < 4.78 is 5.29. The normalized spacial score (nSPS) is 18.7. The molecule has 0 aromatic heterocycles. The van der Waals surface area contributed by atoms with E-state index in [1.54, 1.807) is 24.3 Å². The van der Waals surface area contributed by atoms with E-state index in [0.29, 0.717) is 22.8 Å². The number of aliphatic hydroxyl groups is 1. The van der Waals surface area contributed by atoms with Crippen molar-refractivity contribution >= 4 is 17.6 Å². The van der Waals surface area contributed by atoms with E-state index in [-0.39, 0.29) is 0 Å². The Morgan fingerprint density at radius 2 is 1.91 bits per heavy atom. The molecule has 114 valence electrons. The van der Waals surface area contributed by atoms with E-state index >= 15 is 0 Å². The molecule has 0 saturated carbocycles. The molecule has 0 saturated heterocycles. The summed E-state index contributed by atoms with van der Waals surface area (Å²) in [4.78, 5) is 12.6. The molecule has 1 N–H and O–H groups in total. The number of carbonyl (C=O) groups excluding carboxylic acids is 1. The number of unbranched alkanes of at least 4 members (excludes halogenated alkanes) is 1. The number of esters is 1. The average molecular weight is 317 g/mol. The largest absolute Gasteiger partial charge is 0.463 e. The third kappa shape index (κ3) is 2.21. The molecular weight excluding hydrogens is 300 g/mol. The zero-order chi connectivity index (χ0) is 15.7. The minimum Gasteiger partial charge on any atom is -0.463 e. The quantitative estimate of drug-likeness (QED) is 0.687. The lowest BCUT2D eigenvalue weighted by Crippen LogP contribution is -2.36. The van der Waals surface area contributed by atoms with Crippen LogP contribution < -0.4 is 0 Å². The van der Waals surface area contributed by atoms with Crippen LogP contribution in [-0.2, 0) is 15.1 Å². The first-order valence-corrected chi connectivity index (χ1v) is 7.76. The van der Waals surface area contributed by atoms with Crippen LogP contribution in [0, 0.1) is 0 Å². The molecule has 0 amide bonds. The van der Waals surface area contributed by atoms with Crippen molar-refractivity contribution in [3.05, 3.63) is 58.6 Å². The molecule has 0 heterocycles. The van der Waals surface area contributed by atoms with Gasteiger partial charge in [0.2, 0.25) is 5.60 Å². The molecule has 0 spiro atoms. The fraction of sp³-hybridized carbons (Fsp3) is 0.278. The average Bonchev–Trinajstić information content (AvgIpc) is 2.78. The Kier molecular flexibility index (Phi) is 3.94. The predicted molar refractivity (Wildman–Crippen MR) is 85.8 cm³/mol. The Bertz CT molecular complexity index is 726. The van der Waals surface area contributed by atoms with Gasteiger partial charge in [0.15, 0.2) is 0 Å². The van der Waals surface area contributed by atoms with Gasteiger partial charge in [-0.25, -0.2) is 4.79 Å². The van der Waals surface area contributed by atoms with Crippen LogP contribution in [0.25, 0.3) is 11.1 Å². The van der Waals surface area contributed by atoms with Gasteiger partial charge in [-0.3, -0.25) is 0 Å². The molecule has 0 aliphatic heterocycles. The zero-order valence-electron chi connectivity index (χ0n) is 12.3. The van der Waals surface area contributed by atoms with Gasteiger partial charge in [-0.2, -0.15) is 0 Å². The van der Waals surface area contributed by atoms with Gasteiger partial charge < -0.3 is 9.84 Å². The lowest BCUT2D eigenvalue weighted by atomic mass is 9.91. The van der Waals surface area contributed by atoms with Gasteiger partial charge in [-0.15, -0.1) is 0 Å². The molecule has 0 radical (unpaired) electrons. The van der Waals surface area contributed by atoms with Crippen molar-refractivity contribution in [1.29, 1.82) is 0 Å². The molecule has 1 aliphatic carbocycles. The fourth-order valence-corrected chi connectivity index (χ4v) is 3.03. The molecule has 0 fully saturated rings. The molecule has 3 nitrogen and oxygen atoms in total. The van der Waals surface area contributed by atoms with Gasteiger partial charge in [-0.05, 0) is 29.7 Å². The van der Waals surface area contributed by atoms with E-state index in [1.807, 2.05) is 25.1 Å². The number of hydrogen-bond acceptors (Lipinski definition) is 3. The summed E-state index contributed by atoms with van der Waals surface area (Å²) in [6.45, 7) is 2.32. The van der Waals surface area contributed by atoms with Gasteiger partial charge in [0.25, 0.3) is 0 Å². The van der Waals surface area contributed by atoms with Crippen LogP contribution in [0.4, 0.5) is 0 Å². The van der Waals surface area contributed by atoms with E-state index < -0.39 is 11.6 Å². The maximum absolute atomic E-state index is 12.6. The Morgan fingerprint density at radius 3 is 2.68 bits per heavy atom. The minimum atomic E-state index is -1.79. The zero-order valence-corrected chi connectivity index (χ0v) is 13.1. The summed E-state index contributed by atoms with van der Waals surface area (Å²) in [5.74, 6) is -0.644. The molecule has 3 rings (SSSR count). The second-order valence-electron chi connectivity index (χ2n) is 5.44. The van der Waals surface area contributed by atoms with Gasteiger partial charge in [0, 0.05) is 16.1 Å². The SMILES string of the molecule is CCCCOC(=O)C1(O)c2ccccc2-c2ccc(Cl)cc21. The number of ether oxygens (including phenoxy) is 1. The number of halogens is 1. The first-order chi connectivity index (χ1) is 10.6. The molecule has 2 aromatic carbocycles. The van der Waals surface area contributed by atoms with Gasteiger partial charge in [-0.1, -0.05) is 55.3 Å². The Morgan fingerprint density at radius 1 is 1.18 bits per heavy atom. The summed E-state index contributed by atoms with van der Waals surface area (Å²) in [6, 6.07) is 12.5. The molecule has 1 unspecified atom stereocenters. The van der Waals surface area contributed by atoms with Crippen LogP contribution in [0.5, 0.6) is 0 Å². The van der Waals surface area contributed by atoms with Crippen LogP contribution >= 0.6 is 11.6 Å². The number of fused-ring (bicyclic) bond motifs is 3. The Hall–Kier alpha value is -1.84. The van der Waals surface area contributed by atoms with Crippen LogP contribution in [0.3, 0.4) is 0 Å². The van der Waals surface area contributed by atoms with Crippen molar-refractivity contribution in [2.45, 2.75) is 25.4 Å². The monoisotopic (exact) mass is 316 g/mol. The summed E-state index contributed by atoms with van der Waals surface area (Å²) >= 11 is 6.06. The third-order valence-electron chi connectivity index (χ3n) is 4.00. The van der Waals surface area contributed by atoms with Crippen molar-refractivity contribution in [3.63, 3.8) is 0 Å². The Labute approximate surface area is 134 Å². The Balaban J connectivity index is 2.10. The number of carbonyl (C=O) groups is 1. The van der Waals surface area contributed by atoms with E-state index in [4.69, 9.17) is 16.3 Å². The highest BCUT2D eigenvalue weighted by Gasteiger charge is 2.49. The van der Waals surface area contributed by atoms with Crippen molar-refractivity contribution in [2.75, 3.05) is 6.61 Å². The highest BCUT2D eigenvalue weighted by Crippen LogP contribution is 2.48. The van der Waals surface area contributed by atoms with Crippen LogP contribution in [0.2, 0.25) is 5.02 Å². The van der Waals surface area contributed by atoms with E-state index in [1.165, 1.54) is 0 Å². The molecular formula is C18H17ClO3. The highest BCUT2D eigenvalue weighted by molar-refractivity contribution is 6.30.